The minimum atomic E-state index is 0.141. The van der Waals surface area contributed by atoms with Gasteiger partial charge in [0.05, 0.1) is 12.0 Å². The predicted molar refractivity (Wildman–Crippen MR) is 67.1 cm³/mol. The van der Waals surface area contributed by atoms with Crippen LogP contribution in [0.2, 0.25) is 0 Å². The van der Waals surface area contributed by atoms with E-state index in [9.17, 15) is 0 Å². The zero-order valence-electron chi connectivity index (χ0n) is 9.47. The second-order valence-corrected chi connectivity index (χ2v) is 4.81. The van der Waals surface area contributed by atoms with E-state index in [1.54, 1.807) is 17.7 Å². The van der Waals surface area contributed by atoms with Crippen molar-refractivity contribution in [2.45, 2.75) is 13.8 Å². The molecule has 2 heterocycles. The summed E-state index contributed by atoms with van der Waals surface area (Å²) in [6.07, 6.45) is 1.59. The van der Waals surface area contributed by atoms with E-state index in [0.29, 0.717) is 6.54 Å². The first-order chi connectivity index (χ1) is 7.76. The lowest BCUT2D eigenvalue weighted by atomic mass is 10.3. The predicted octanol–water partition coefficient (Wildman–Crippen LogP) is 1.82. The second kappa shape index (κ2) is 4.76. The lowest BCUT2D eigenvalue weighted by Gasteiger charge is -2.20. The quantitative estimate of drug-likeness (QED) is 0.881. The molecule has 2 aromatic rings. The van der Waals surface area contributed by atoms with E-state index in [1.807, 2.05) is 0 Å². The number of aromatic nitrogens is 2. The van der Waals surface area contributed by atoms with Crippen LogP contribution in [0.1, 0.15) is 11.8 Å². The third-order valence-electron chi connectivity index (χ3n) is 2.48. The molecule has 2 rings (SSSR count). The Hall–Kier alpha value is -1.20. The molecule has 0 aromatic carbocycles. The van der Waals surface area contributed by atoms with E-state index in [2.05, 4.69) is 34.8 Å². The van der Waals surface area contributed by atoms with Gasteiger partial charge < -0.3 is 10.0 Å². The SMILES string of the molecule is CCN(CCO)c1ncnc2sc(C)cc12. The Morgan fingerprint density at radius 2 is 2.25 bits per heavy atom. The van der Waals surface area contributed by atoms with Gasteiger partial charge in [-0.1, -0.05) is 0 Å². The number of aliphatic hydroxyl groups is 1. The summed E-state index contributed by atoms with van der Waals surface area (Å²) in [5, 5.41) is 10.1. The summed E-state index contributed by atoms with van der Waals surface area (Å²) in [7, 11) is 0. The van der Waals surface area contributed by atoms with Crippen molar-refractivity contribution in [3.63, 3.8) is 0 Å². The van der Waals surface area contributed by atoms with Gasteiger partial charge >= 0.3 is 0 Å². The average molecular weight is 237 g/mol. The van der Waals surface area contributed by atoms with Crippen molar-refractivity contribution in [2.24, 2.45) is 0 Å². The summed E-state index contributed by atoms with van der Waals surface area (Å²) < 4.78 is 0. The maximum absolute atomic E-state index is 9.02. The number of hydrogen-bond donors (Lipinski definition) is 1. The smallest absolute Gasteiger partial charge is 0.140 e. The molecule has 86 valence electrons. The minimum absolute atomic E-state index is 0.141. The summed E-state index contributed by atoms with van der Waals surface area (Å²) in [6.45, 7) is 5.71. The van der Waals surface area contributed by atoms with Crippen molar-refractivity contribution < 1.29 is 5.11 Å². The third-order valence-corrected chi connectivity index (χ3v) is 3.44. The zero-order valence-corrected chi connectivity index (χ0v) is 10.3. The monoisotopic (exact) mass is 237 g/mol. The topological polar surface area (TPSA) is 49.2 Å². The number of rotatable bonds is 4. The van der Waals surface area contributed by atoms with E-state index < -0.39 is 0 Å². The minimum Gasteiger partial charge on any atom is -0.395 e. The first-order valence-corrected chi connectivity index (χ1v) is 6.15. The molecule has 0 unspecified atom stereocenters. The van der Waals surface area contributed by atoms with Gasteiger partial charge in [0.15, 0.2) is 0 Å². The van der Waals surface area contributed by atoms with Gasteiger partial charge in [0.2, 0.25) is 0 Å². The van der Waals surface area contributed by atoms with Crippen LogP contribution in [0.5, 0.6) is 0 Å². The number of anilines is 1. The Balaban J connectivity index is 2.49. The van der Waals surface area contributed by atoms with Crippen molar-refractivity contribution in [2.75, 3.05) is 24.6 Å². The molecule has 0 atom stereocenters. The molecule has 0 saturated heterocycles. The number of fused-ring (bicyclic) bond motifs is 1. The van der Waals surface area contributed by atoms with E-state index in [1.165, 1.54) is 4.88 Å². The summed E-state index contributed by atoms with van der Waals surface area (Å²) in [4.78, 5) is 12.9. The van der Waals surface area contributed by atoms with Crippen LogP contribution in [0.15, 0.2) is 12.4 Å². The lowest BCUT2D eigenvalue weighted by Crippen LogP contribution is -2.27. The van der Waals surface area contributed by atoms with Crippen LogP contribution < -0.4 is 4.90 Å². The molecule has 0 amide bonds. The first kappa shape index (κ1) is 11.3. The van der Waals surface area contributed by atoms with Crippen molar-refractivity contribution >= 4 is 27.4 Å². The standard InChI is InChI=1S/C11H15N3OS/c1-3-14(4-5-15)10-9-6-8(2)16-11(9)13-7-12-10/h6-7,15H,3-5H2,1-2H3. The highest BCUT2D eigenvalue weighted by atomic mass is 32.1. The lowest BCUT2D eigenvalue weighted by molar-refractivity contribution is 0.302. The summed E-state index contributed by atoms with van der Waals surface area (Å²) in [6, 6.07) is 2.11. The van der Waals surface area contributed by atoms with E-state index in [0.717, 1.165) is 22.6 Å². The molecule has 1 N–H and O–H groups in total. The first-order valence-electron chi connectivity index (χ1n) is 5.33. The molecule has 0 bridgehead atoms. The van der Waals surface area contributed by atoms with Gasteiger partial charge in [-0.15, -0.1) is 11.3 Å². The molecule has 0 saturated carbocycles. The number of aryl methyl sites for hydroxylation is 1. The molecule has 2 aromatic heterocycles. The molecule has 0 aliphatic heterocycles. The van der Waals surface area contributed by atoms with Crippen LogP contribution in [-0.2, 0) is 0 Å². The molecule has 5 heteroatoms. The van der Waals surface area contributed by atoms with Crippen molar-refractivity contribution in [3.8, 4) is 0 Å². The Bertz CT molecular complexity index is 483. The molecule has 0 radical (unpaired) electrons. The van der Waals surface area contributed by atoms with Crippen LogP contribution in [0.3, 0.4) is 0 Å². The van der Waals surface area contributed by atoms with Gasteiger partial charge in [0.25, 0.3) is 0 Å². The Kier molecular flexibility index (Phi) is 3.36. The van der Waals surface area contributed by atoms with Crippen LogP contribution >= 0.6 is 11.3 Å². The summed E-state index contributed by atoms with van der Waals surface area (Å²) >= 11 is 1.67. The van der Waals surface area contributed by atoms with Crippen LogP contribution in [0.25, 0.3) is 10.2 Å². The fourth-order valence-electron chi connectivity index (χ4n) is 1.75. The molecule has 0 aliphatic carbocycles. The summed E-state index contributed by atoms with van der Waals surface area (Å²) in [5.74, 6) is 0.922. The number of thiophene rings is 1. The van der Waals surface area contributed by atoms with Gasteiger partial charge in [-0.05, 0) is 19.9 Å². The highest BCUT2D eigenvalue weighted by Gasteiger charge is 2.11. The molecule has 0 spiro atoms. The maximum atomic E-state index is 9.02. The number of nitrogens with zero attached hydrogens (tertiary/aromatic N) is 3. The van der Waals surface area contributed by atoms with Crippen LogP contribution in [0.4, 0.5) is 5.82 Å². The largest absolute Gasteiger partial charge is 0.395 e. The zero-order chi connectivity index (χ0) is 11.5. The molecular weight excluding hydrogens is 222 g/mol. The normalized spacial score (nSPS) is 10.9. The van der Waals surface area contributed by atoms with Gasteiger partial charge in [-0.3, -0.25) is 0 Å². The molecule has 0 fully saturated rings. The van der Waals surface area contributed by atoms with Crippen LogP contribution in [-0.4, -0.2) is 34.8 Å². The van der Waals surface area contributed by atoms with Crippen molar-refractivity contribution in [1.82, 2.24) is 9.97 Å². The van der Waals surface area contributed by atoms with Gasteiger partial charge in [-0.2, -0.15) is 0 Å². The van der Waals surface area contributed by atoms with Gasteiger partial charge in [-0.25, -0.2) is 9.97 Å². The Morgan fingerprint density at radius 1 is 1.44 bits per heavy atom. The average Bonchev–Trinajstić information content (AvgIpc) is 2.66. The number of aliphatic hydroxyl groups excluding tert-OH is 1. The fourth-order valence-corrected chi connectivity index (χ4v) is 2.59. The fraction of sp³-hybridized carbons (Fsp3) is 0.455. The number of hydrogen-bond acceptors (Lipinski definition) is 5. The Labute approximate surface area is 98.6 Å². The summed E-state index contributed by atoms with van der Waals surface area (Å²) in [5.41, 5.74) is 0. The molecular formula is C11H15N3OS. The Morgan fingerprint density at radius 3 is 2.94 bits per heavy atom. The van der Waals surface area contributed by atoms with E-state index in [4.69, 9.17) is 5.11 Å². The second-order valence-electron chi connectivity index (χ2n) is 3.58. The van der Waals surface area contributed by atoms with Crippen LogP contribution in [0, 0.1) is 6.92 Å². The highest BCUT2D eigenvalue weighted by molar-refractivity contribution is 7.18. The van der Waals surface area contributed by atoms with Crippen molar-refractivity contribution in [3.05, 3.63) is 17.3 Å². The van der Waals surface area contributed by atoms with Crippen molar-refractivity contribution in [1.29, 1.82) is 0 Å². The molecule has 16 heavy (non-hydrogen) atoms. The van der Waals surface area contributed by atoms with Gasteiger partial charge in [0.1, 0.15) is 17.0 Å². The third kappa shape index (κ3) is 2.01. The highest BCUT2D eigenvalue weighted by Crippen LogP contribution is 2.29. The van der Waals surface area contributed by atoms with E-state index in [-0.39, 0.29) is 6.61 Å². The molecule has 0 aliphatic rings. The maximum Gasteiger partial charge on any atom is 0.140 e. The molecule has 4 nitrogen and oxygen atoms in total. The number of likely N-dealkylation sites (N-methyl/N-ethyl adjacent to an activating group) is 1. The van der Waals surface area contributed by atoms with Gasteiger partial charge in [0, 0.05) is 18.0 Å². The van der Waals surface area contributed by atoms with E-state index >= 15 is 0 Å².